The lowest BCUT2D eigenvalue weighted by Gasteiger charge is -2.03. The Morgan fingerprint density at radius 3 is 2.36 bits per heavy atom. The maximum Gasteiger partial charge on any atom is 0.197 e. The third-order valence-corrected chi connectivity index (χ3v) is 1.00. The third-order valence-electron chi connectivity index (χ3n) is 1.00. The summed E-state index contributed by atoms with van der Waals surface area (Å²) in [6, 6.07) is 0. The van der Waals surface area contributed by atoms with E-state index in [4.69, 9.17) is 9.47 Å². The lowest BCUT2D eigenvalue weighted by atomic mass is 10.4. The summed E-state index contributed by atoms with van der Waals surface area (Å²) < 4.78 is 9.89. The molecule has 0 spiro atoms. The van der Waals surface area contributed by atoms with Crippen LogP contribution >= 0.6 is 0 Å². The molecule has 11 heavy (non-hydrogen) atoms. The van der Waals surface area contributed by atoms with E-state index in [-0.39, 0.29) is 11.5 Å². The molecule has 3 heteroatoms. The Kier molecular flexibility index (Phi) is 5.25. The van der Waals surface area contributed by atoms with Crippen molar-refractivity contribution in [3.05, 3.63) is 12.0 Å². The number of hydrogen-bond acceptors (Lipinski definition) is 3. The first-order chi connectivity index (χ1) is 5.22. The average molecular weight is 158 g/mol. The predicted octanol–water partition coefficient (Wildman–Crippen LogP) is 1.49. The Hall–Kier alpha value is -0.990. The zero-order valence-corrected chi connectivity index (χ0v) is 7.22. The number of carbonyl (C=O) groups excluding carboxylic acids is 1. The van der Waals surface area contributed by atoms with Gasteiger partial charge >= 0.3 is 0 Å². The summed E-state index contributed by atoms with van der Waals surface area (Å²) in [5, 5.41) is 0. The molecule has 0 heterocycles. The Bertz CT molecular complexity index is 149. The van der Waals surface area contributed by atoms with Crippen molar-refractivity contribution in [3.8, 4) is 0 Å². The van der Waals surface area contributed by atoms with Gasteiger partial charge in [0, 0.05) is 6.92 Å². The van der Waals surface area contributed by atoms with Crippen LogP contribution < -0.4 is 0 Å². The average Bonchev–Trinajstić information content (AvgIpc) is 1.97. The number of carbonyl (C=O) groups is 1. The minimum absolute atomic E-state index is 0.111. The molecular formula is C8H14O3. The number of hydrogen-bond donors (Lipinski definition) is 0. The van der Waals surface area contributed by atoms with Gasteiger partial charge in [-0.1, -0.05) is 0 Å². The van der Waals surface area contributed by atoms with Crippen molar-refractivity contribution in [1.29, 1.82) is 0 Å². The van der Waals surface area contributed by atoms with E-state index in [1.807, 2.05) is 13.8 Å². The fraction of sp³-hybridized carbons (Fsp3) is 0.625. The zero-order chi connectivity index (χ0) is 8.69. The van der Waals surface area contributed by atoms with E-state index in [9.17, 15) is 4.79 Å². The van der Waals surface area contributed by atoms with Gasteiger partial charge in [-0.3, -0.25) is 4.79 Å². The van der Waals surface area contributed by atoms with Crippen molar-refractivity contribution in [3.63, 3.8) is 0 Å². The monoisotopic (exact) mass is 158 g/mol. The summed E-state index contributed by atoms with van der Waals surface area (Å²) in [6.45, 7) is 6.14. The van der Waals surface area contributed by atoms with Crippen LogP contribution in [0.1, 0.15) is 20.8 Å². The molecule has 64 valence electrons. The Morgan fingerprint density at radius 1 is 1.36 bits per heavy atom. The topological polar surface area (TPSA) is 35.5 Å². The molecule has 0 atom stereocenters. The van der Waals surface area contributed by atoms with Crippen LogP contribution in [0.2, 0.25) is 0 Å². The largest absolute Gasteiger partial charge is 0.497 e. The molecule has 0 aromatic heterocycles. The predicted molar refractivity (Wildman–Crippen MR) is 42.0 cm³/mol. The minimum atomic E-state index is -0.111. The fourth-order valence-corrected chi connectivity index (χ4v) is 0.533. The van der Waals surface area contributed by atoms with Crippen LogP contribution in [0.4, 0.5) is 0 Å². The highest BCUT2D eigenvalue weighted by Gasteiger charge is 2.02. The van der Waals surface area contributed by atoms with Gasteiger partial charge in [-0.2, -0.15) is 0 Å². The maximum atomic E-state index is 10.8. The number of rotatable bonds is 5. The van der Waals surface area contributed by atoms with Crippen LogP contribution in [0, 0.1) is 0 Å². The molecule has 0 aliphatic heterocycles. The highest BCUT2D eigenvalue weighted by molar-refractivity contribution is 5.90. The van der Waals surface area contributed by atoms with Crippen LogP contribution in [-0.4, -0.2) is 19.0 Å². The van der Waals surface area contributed by atoms with Gasteiger partial charge in [0.1, 0.15) is 6.26 Å². The van der Waals surface area contributed by atoms with Gasteiger partial charge in [0.2, 0.25) is 0 Å². The number of allylic oxidation sites excluding steroid dienone is 1. The molecule has 0 rings (SSSR count). The molecule has 0 aliphatic carbocycles. The molecule has 0 saturated carbocycles. The van der Waals surface area contributed by atoms with Gasteiger partial charge in [-0.05, 0) is 13.8 Å². The molecule has 0 saturated heterocycles. The van der Waals surface area contributed by atoms with E-state index in [1.165, 1.54) is 13.2 Å². The molecule has 0 amide bonds. The van der Waals surface area contributed by atoms with Crippen LogP contribution in [0.15, 0.2) is 12.0 Å². The third kappa shape index (κ3) is 4.42. The lowest BCUT2D eigenvalue weighted by Crippen LogP contribution is -2.02. The zero-order valence-electron chi connectivity index (χ0n) is 7.22. The molecule has 0 aliphatic rings. The van der Waals surface area contributed by atoms with Crippen molar-refractivity contribution in [2.75, 3.05) is 13.2 Å². The van der Waals surface area contributed by atoms with E-state index in [0.717, 1.165) is 0 Å². The van der Waals surface area contributed by atoms with Crippen molar-refractivity contribution < 1.29 is 14.3 Å². The Labute approximate surface area is 67.0 Å². The molecule has 0 N–H and O–H groups in total. The van der Waals surface area contributed by atoms with Gasteiger partial charge in [0.15, 0.2) is 11.5 Å². The molecule has 3 nitrogen and oxygen atoms in total. The quantitative estimate of drug-likeness (QED) is 0.449. The number of ether oxygens (including phenoxy) is 2. The molecule has 0 fully saturated rings. The highest BCUT2D eigenvalue weighted by atomic mass is 16.5. The van der Waals surface area contributed by atoms with Gasteiger partial charge in [0.25, 0.3) is 0 Å². The van der Waals surface area contributed by atoms with E-state index < -0.39 is 0 Å². The first-order valence-corrected chi connectivity index (χ1v) is 3.67. The molecular weight excluding hydrogens is 144 g/mol. The summed E-state index contributed by atoms with van der Waals surface area (Å²) in [4.78, 5) is 10.8. The van der Waals surface area contributed by atoms with Crippen LogP contribution in [-0.2, 0) is 14.3 Å². The van der Waals surface area contributed by atoms with E-state index in [1.54, 1.807) is 0 Å². The van der Waals surface area contributed by atoms with Gasteiger partial charge in [-0.15, -0.1) is 0 Å². The molecule has 0 radical (unpaired) electrons. The fourth-order valence-electron chi connectivity index (χ4n) is 0.533. The molecule has 0 bridgehead atoms. The number of Topliss-reactive ketones (excluding diaryl/α,β-unsaturated/α-hetero) is 1. The summed E-state index contributed by atoms with van der Waals surface area (Å²) in [5.74, 6) is 0.176. The molecule has 0 aromatic rings. The van der Waals surface area contributed by atoms with Gasteiger partial charge < -0.3 is 9.47 Å². The summed E-state index contributed by atoms with van der Waals surface area (Å²) >= 11 is 0. The summed E-state index contributed by atoms with van der Waals surface area (Å²) in [7, 11) is 0. The second-order valence-electron chi connectivity index (χ2n) is 1.93. The molecule has 0 aromatic carbocycles. The second kappa shape index (κ2) is 5.77. The van der Waals surface area contributed by atoms with Crippen LogP contribution in [0.3, 0.4) is 0 Å². The standard InChI is InChI=1S/C8H14O3/c1-4-10-6-8(7(3)9)11-5-2/h6H,4-5H2,1-3H3. The van der Waals surface area contributed by atoms with Crippen molar-refractivity contribution in [2.24, 2.45) is 0 Å². The lowest BCUT2D eigenvalue weighted by molar-refractivity contribution is -0.117. The minimum Gasteiger partial charge on any atom is -0.497 e. The Morgan fingerprint density at radius 2 is 2.00 bits per heavy atom. The van der Waals surface area contributed by atoms with Crippen molar-refractivity contribution in [1.82, 2.24) is 0 Å². The summed E-state index contributed by atoms with van der Waals surface area (Å²) in [5.41, 5.74) is 0. The highest BCUT2D eigenvalue weighted by Crippen LogP contribution is 1.98. The van der Waals surface area contributed by atoms with Gasteiger partial charge in [0.05, 0.1) is 13.2 Å². The van der Waals surface area contributed by atoms with Crippen molar-refractivity contribution in [2.45, 2.75) is 20.8 Å². The smallest absolute Gasteiger partial charge is 0.197 e. The van der Waals surface area contributed by atoms with Crippen LogP contribution in [0.25, 0.3) is 0 Å². The van der Waals surface area contributed by atoms with E-state index in [2.05, 4.69) is 0 Å². The van der Waals surface area contributed by atoms with E-state index in [0.29, 0.717) is 13.2 Å². The first kappa shape index (κ1) is 10.0. The van der Waals surface area contributed by atoms with E-state index >= 15 is 0 Å². The van der Waals surface area contributed by atoms with Gasteiger partial charge in [-0.25, -0.2) is 0 Å². The SMILES string of the molecule is CCOC=C(OCC)C(C)=O. The molecule has 0 unspecified atom stereocenters. The summed E-state index contributed by atoms with van der Waals surface area (Å²) in [6.07, 6.45) is 1.35. The second-order valence-corrected chi connectivity index (χ2v) is 1.93. The Balaban J connectivity index is 3.97. The normalized spacial score (nSPS) is 11.0. The first-order valence-electron chi connectivity index (χ1n) is 3.67. The maximum absolute atomic E-state index is 10.8. The van der Waals surface area contributed by atoms with Crippen molar-refractivity contribution >= 4 is 5.78 Å². The number of ketones is 1. The van der Waals surface area contributed by atoms with Crippen LogP contribution in [0.5, 0.6) is 0 Å².